The Morgan fingerprint density at radius 2 is 1.82 bits per heavy atom. The fourth-order valence-corrected chi connectivity index (χ4v) is 3.62. The first-order valence-electron chi connectivity index (χ1n) is 8.10. The molecule has 1 amide bonds. The second-order valence-electron chi connectivity index (χ2n) is 6.34. The summed E-state index contributed by atoms with van der Waals surface area (Å²) >= 11 is 0. The molecule has 1 aromatic heterocycles. The number of nitrogens with zero attached hydrogens (tertiary/aromatic N) is 3. The number of aromatic nitrogens is 3. The highest BCUT2D eigenvalue weighted by Crippen LogP contribution is 2.30. The van der Waals surface area contributed by atoms with Gasteiger partial charge in [0.2, 0.25) is 5.91 Å². The monoisotopic (exact) mass is 306 g/mol. The van der Waals surface area contributed by atoms with Crippen LogP contribution >= 0.6 is 0 Å². The zero-order chi connectivity index (χ0) is 15.5. The third kappa shape index (κ3) is 3.13. The van der Waals surface area contributed by atoms with Crippen molar-refractivity contribution in [1.82, 2.24) is 20.3 Å². The quantitative estimate of drug-likeness (QED) is 0.883. The number of hydrogen-bond acceptors (Lipinski definition) is 4. The van der Waals surface area contributed by atoms with E-state index in [2.05, 4.69) is 15.6 Å². The maximum atomic E-state index is 12.4. The van der Waals surface area contributed by atoms with E-state index in [9.17, 15) is 9.59 Å². The second kappa shape index (κ2) is 6.46. The van der Waals surface area contributed by atoms with E-state index in [0.717, 1.165) is 51.4 Å². The fraction of sp³-hybridized carbons (Fsp3) is 0.733. The summed E-state index contributed by atoms with van der Waals surface area (Å²) in [5.74, 6) is -0.783. The van der Waals surface area contributed by atoms with Crippen LogP contribution in [0.4, 0.5) is 0 Å². The number of amides is 1. The van der Waals surface area contributed by atoms with Gasteiger partial charge in [-0.15, -0.1) is 5.10 Å². The molecule has 3 rings (SSSR count). The summed E-state index contributed by atoms with van der Waals surface area (Å²) in [6.07, 6.45) is 9.63. The van der Waals surface area contributed by atoms with Crippen molar-refractivity contribution in [2.45, 2.75) is 63.5 Å². The average molecular weight is 306 g/mol. The number of carbonyl (C=O) groups is 2. The van der Waals surface area contributed by atoms with Crippen molar-refractivity contribution in [1.29, 1.82) is 0 Å². The van der Waals surface area contributed by atoms with Crippen LogP contribution in [0.1, 0.15) is 67.9 Å². The Bertz CT molecular complexity index is 551. The Morgan fingerprint density at radius 1 is 1.14 bits per heavy atom. The van der Waals surface area contributed by atoms with Crippen molar-refractivity contribution >= 4 is 11.9 Å². The summed E-state index contributed by atoms with van der Waals surface area (Å²) in [7, 11) is 0. The molecule has 0 unspecified atom stereocenters. The van der Waals surface area contributed by atoms with Gasteiger partial charge in [-0.05, 0) is 25.7 Å². The summed E-state index contributed by atoms with van der Waals surface area (Å²) in [5.41, 5.74) is -0.0496. The van der Waals surface area contributed by atoms with Gasteiger partial charge in [0, 0.05) is 5.92 Å². The molecule has 2 N–H and O–H groups in total. The van der Waals surface area contributed by atoms with Crippen molar-refractivity contribution in [2.75, 3.05) is 0 Å². The van der Waals surface area contributed by atoms with E-state index in [1.54, 1.807) is 4.68 Å². The molecule has 2 atom stereocenters. The molecule has 0 radical (unpaired) electrons. The van der Waals surface area contributed by atoms with E-state index < -0.39 is 5.97 Å². The van der Waals surface area contributed by atoms with E-state index in [1.807, 2.05) is 0 Å². The van der Waals surface area contributed by atoms with Crippen LogP contribution in [0, 0.1) is 5.92 Å². The SMILES string of the molecule is O=C(O)c1cn([C@@H]2CCCC[C@@H]2NC(=O)C2CCCC2)nn1. The molecule has 0 aromatic carbocycles. The lowest BCUT2D eigenvalue weighted by molar-refractivity contribution is -0.126. The lowest BCUT2D eigenvalue weighted by Gasteiger charge is -2.32. The van der Waals surface area contributed by atoms with Gasteiger partial charge in [-0.1, -0.05) is 30.9 Å². The molecule has 120 valence electrons. The summed E-state index contributed by atoms with van der Waals surface area (Å²) < 4.78 is 1.61. The molecule has 1 aromatic rings. The highest BCUT2D eigenvalue weighted by Gasteiger charge is 2.32. The van der Waals surface area contributed by atoms with Gasteiger partial charge >= 0.3 is 5.97 Å². The first kappa shape index (κ1) is 15.0. The highest BCUT2D eigenvalue weighted by atomic mass is 16.4. The first-order chi connectivity index (χ1) is 10.6. The number of carboxylic acids is 1. The number of carboxylic acid groups (broad SMARTS) is 1. The second-order valence-corrected chi connectivity index (χ2v) is 6.34. The molecule has 2 aliphatic rings. The molecule has 0 bridgehead atoms. The number of carbonyl (C=O) groups excluding carboxylic acids is 1. The van der Waals surface area contributed by atoms with Gasteiger partial charge in [0.1, 0.15) is 0 Å². The van der Waals surface area contributed by atoms with Crippen molar-refractivity contribution in [3.63, 3.8) is 0 Å². The molecule has 0 saturated heterocycles. The van der Waals surface area contributed by atoms with E-state index in [-0.39, 0.29) is 29.6 Å². The number of aromatic carboxylic acids is 1. The van der Waals surface area contributed by atoms with Gasteiger partial charge in [-0.2, -0.15) is 0 Å². The first-order valence-corrected chi connectivity index (χ1v) is 8.10. The van der Waals surface area contributed by atoms with Crippen LogP contribution < -0.4 is 5.32 Å². The zero-order valence-electron chi connectivity index (χ0n) is 12.6. The third-order valence-corrected chi connectivity index (χ3v) is 4.85. The maximum absolute atomic E-state index is 12.4. The van der Waals surface area contributed by atoms with Crippen molar-refractivity contribution in [3.8, 4) is 0 Å². The van der Waals surface area contributed by atoms with Gasteiger partial charge in [-0.3, -0.25) is 4.79 Å². The average Bonchev–Trinajstić information content (AvgIpc) is 3.19. The number of nitrogens with one attached hydrogen (secondary N) is 1. The molecular formula is C15H22N4O3. The van der Waals surface area contributed by atoms with Crippen molar-refractivity contribution < 1.29 is 14.7 Å². The van der Waals surface area contributed by atoms with Crippen molar-refractivity contribution in [3.05, 3.63) is 11.9 Å². The van der Waals surface area contributed by atoms with E-state index in [0.29, 0.717) is 0 Å². The highest BCUT2D eigenvalue weighted by molar-refractivity contribution is 5.84. The normalized spacial score (nSPS) is 26.0. The lowest BCUT2D eigenvalue weighted by atomic mass is 9.89. The molecule has 2 saturated carbocycles. The molecule has 1 heterocycles. The minimum atomic E-state index is -1.08. The standard InChI is InChI=1S/C15H22N4O3/c20-14(10-5-1-2-6-10)16-11-7-3-4-8-13(11)19-9-12(15(21)22)17-18-19/h9-11,13H,1-8H2,(H,16,20)(H,21,22)/t11-,13+/m0/s1. The number of rotatable bonds is 4. The Balaban J connectivity index is 1.70. The third-order valence-electron chi connectivity index (χ3n) is 4.85. The molecule has 0 aliphatic heterocycles. The number of hydrogen-bond donors (Lipinski definition) is 2. The Kier molecular flexibility index (Phi) is 4.40. The Labute approximate surface area is 129 Å². The molecule has 7 heteroatoms. The van der Waals surface area contributed by atoms with Gasteiger partial charge < -0.3 is 10.4 Å². The minimum absolute atomic E-state index is 0.000275. The van der Waals surface area contributed by atoms with Gasteiger partial charge in [0.05, 0.1) is 18.3 Å². The van der Waals surface area contributed by atoms with Crippen LogP contribution in [0.15, 0.2) is 6.20 Å². The Hall–Kier alpha value is -1.92. The molecule has 2 aliphatic carbocycles. The topological polar surface area (TPSA) is 97.1 Å². The van der Waals surface area contributed by atoms with Gasteiger partial charge in [0.15, 0.2) is 5.69 Å². The van der Waals surface area contributed by atoms with Crippen LogP contribution in [-0.4, -0.2) is 38.0 Å². The van der Waals surface area contributed by atoms with Crippen LogP contribution in [-0.2, 0) is 4.79 Å². The molecular weight excluding hydrogens is 284 g/mol. The summed E-state index contributed by atoms with van der Waals surface area (Å²) in [5, 5.41) is 19.8. The molecule has 0 spiro atoms. The summed E-state index contributed by atoms with van der Waals surface area (Å²) in [6.45, 7) is 0. The van der Waals surface area contributed by atoms with Crippen LogP contribution in [0.25, 0.3) is 0 Å². The largest absolute Gasteiger partial charge is 0.476 e. The van der Waals surface area contributed by atoms with Gasteiger partial charge in [-0.25, -0.2) is 9.48 Å². The predicted molar refractivity (Wildman–Crippen MR) is 78.4 cm³/mol. The van der Waals surface area contributed by atoms with E-state index in [4.69, 9.17) is 5.11 Å². The summed E-state index contributed by atoms with van der Waals surface area (Å²) in [4.78, 5) is 23.3. The smallest absolute Gasteiger partial charge is 0.358 e. The van der Waals surface area contributed by atoms with Crippen LogP contribution in [0.3, 0.4) is 0 Å². The summed E-state index contributed by atoms with van der Waals surface area (Å²) in [6, 6.07) is 0.0184. The molecule has 2 fully saturated rings. The van der Waals surface area contributed by atoms with Gasteiger partial charge in [0.25, 0.3) is 0 Å². The van der Waals surface area contributed by atoms with E-state index >= 15 is 0 Å². The fourth-order valence-electron chi connectivity index (χ4n) is 3.62. The maximum Gasteiger partial charge on any atom is 0.358 e. The zero-order valence-corrected chi connectivity index (χ0v) is 12.6. The minimum Gasteiger partial charge on any atom is -0.476 e. The predicted octanol–water partition coefficient (Wildman–Crippen LogP) is 1.77. The lowest BCUT2D eigenvalue weighted by Crippen LogP contribution is -2.45. The van der Waals surface area contributed by atoms with E-state index in [1.165, 1.54) is 6.20 Å². The Morgan fingerprint density at radius 3 is 2.50 bits per heavy atom. The van der Waals surface area contributed by atoms with Crippen LogP contribution in [0.2, 0.25) is 0 Å². The molecule has 22 heavy (non-hydrogen) atoms. The van der Waals surface area contributed by atoms with Crippen LogP contribution in [0.5, 0.6) is 0 Å². The van der Waals surface area contributed by atoms with Crippen molar-refractivity contribution in [2.24, 2.45) is 5.92 Å². The molecule has 7 nitrogen and oxygen atoms in total.